The maximum Gasteiger partial charge on any atom is 0.522 e. The Morgan fingerprint density at radius 1 is 1.45 bits per heavy atom. The van der Waals surface area contributed by atoms with E-state index < -0.39 is 25.4 Å². The highest BCUT2D eigenvalue weighted by Crippen LogP contribution is 2.37. The second-order valence-electron chi connectivity index (χ2n) is 7.35. The highest BCUT2D eigenvalue weighted by Gasteiger charge is 2.36. The van der Waals surface area contributed by atoms with E-state index in [9.17, 15) is 19.7 Å². The normalized spacial score (nSPS) is 18.3. The largest absolute Gasteiger partial charge is 0.535 e. The summed E-state index contributed by atoms with van der Waals surface area (Å²) in [6.07, 6.45) is 0.291. The van der Waals surface area contributed by atoms with Gasteiger partial charge in [0.1, 0.15) is 29.4 Å². The third-order valence-electron chi connectivity index (χ3n) is 5.00. The Morgan fingerprint density at radius 2 is 2.17 bits per heavy atom. The van der Waals surface area contributed by atoms with Crippen LogP contribution in [-0.4, -0.2) is 77.1 Å². The number of fused-ring (bicyclic) bond motifs is 1. The molecule has 0 aromatic heterocycles. The van der Waals surface area contributed by atoms with Crippen molar-refractivity contribution in [2.75, 3.05) is 19.6 Å². The second-order valence-corrected chi connectivity index (χ2v) is 7.35. The average molecular weight is 407 g/mol. The minimum absolute atomic E-state index is 0.119. The molecule has 2 aliphatic rings. The van der Waals surface area contributed by atoms with Crippen LogP contribution in [0.5, 0.6) is 11.5 Å². The SMILES string of the molecule is CC(O)NCC[C@H](N)C(=O)N1CC(Oc2ccc3c(c2C(=O)O)OB(O)CC3)C1. The summed E-state index contributed by atoms with van der Waals surface area (Å²) in [6.45, 7) is 2.61. The number of likely N-dealkylation sites (tertiary alicyclic amines) is 1. The topological polar surface area (TPSA) is 155 Å². The average Bonchev–Trinajstić information content (AvgIpc) is 2.62. The van der Waals surface area contributed by atoms with Gasteiger partial charge in [0.2, 0.25) is 5.91 Å². The molecule has 10 nitrogen and oxygen atoms in total. The molecule has 1 amide bonds. The number of carbonyl (C=O) groups is 2. The first-order valence-corrected chi connectivity index (χ1v) is 9.62. The molecule has 158 valence electrons. The molecule has 1 aromatic carbocycles. The lowest BCUT2D eigenvalue weighted by Crippen LogP contribution is -2.60. The van der Waals surface area contributed by atoms with Crippen LogP contribution in [0.15, 0.2) is 12.1 Å². The van der Waals surface area contributed by atoms with Crippen LogP contribution in [0.2, 0.25) is 6.32 Å². The highest BCUT2D eigenvalue weighted by molar-refractivity contribution is 6.44. The van der Waals surface area contributed by atoms with Crippen molar-refractivity contribution >= 4 is 19.0 Å². The molecule has 0 bridgehead atoms. The van der Waals surface area contributed by atoms with E-state index >= 15 is 0 Å². The first kappa shape index (κ1) is 21.4. The van der Waals surface area contributed by atoms with E-state index in [2.05, 4.69) is 5.32 Å². The van der Waals surface area contributed by atoms with Gasteiger partial charge >= 0.3 is 13.1 Å². The molecule has 0 spiro atoms. The molecule has 29 heavy (non-hydrogen) atoms. The number of aliphatic hydroxyl groups is 1. The van der Waals surface area contributed by atoms with Gasteiger partial charge < -0.3 is 35.3 Å². The van der Waals surface area contributed by atoms with Crippen molar-refractivity contribution in [2.45, 2.75) is 44.5 Å². The number of amides is 1. The van der Waals surface area contributed by atoms with Crippen LogP contribution in [0, 0.1) is 0 Å². The van der Waals surface area contributed by atoms with E-state index in [0.717, 1.165) is 0 Å². The Hall–Kier alpha value is -2.34. The van der Waals surface area contributed by atoms with E-state index in [0.29, 0.717) is 44.4 Å². The van der Waals surface area contributed by atoms with E-state index in [4.69, 9.17) is 20.2 Å². The maximum atomic E-state index is 12.3. The van der Waals surface area contributed by atoms with Crippen LogP contribution < -0.4 is 20.4 Å². The minimum Gasteiger partial charge on any atom is -0.535 e. The zero-order valence-electron chi connectivity index (χ0n) is 16.2. The summed E-state index contributed by atoms with van der Waals surface area (Å²) >= 11 is 0. The van der Waals surface area contributed by atoms with E-state index in [1.807, 2.05) is 0 Å². The number of hydrogen-bond acceptors (Lipinski definition) is 8. The molecule has 2 heterocycles. The molecule has 0 radical (unpaired) electrons. The summed E-state index contributed by atoms with van der Waals surface area (Å²) < 4.78 is 11.1. The summed E-state index contributed by atoms with van der Waals surface area (Å²) in [4.78, 5) is 25.6. The minimum atomic E-state index is -1.20. The van der Waals surface area contributed by atoms with E-state index in [1.165, 1.54) is 0 Å². The zero-order chi connectivity index (χ0) is 21.1. The number of rotatable bonds is 8. The van der Waals surface area contributed by atoms with Gasteiger partial charge in [0.05, 0.1) is 19.1 Å². The molecule has 3 rings (SSSR count). The van der Waals surface area contributed by atoms with Gasteiger partial charge in [-0.15, -0.1) is 0 Å². The van der Waals surface area contributed by atoms with Gasteiger partial charge in [0, 0.05) is 0 Å². The van der Waals surface area contributed by atoms with E-state index in [-0.39, 0.29) is 29.1 Å². The van der Waals surface area contributed by atoms with Crippen molar-refractivity contribution in [1.82, 2.24) is 10.2 Å². The Morgan fingerprint density at radius 3 is 2.83 bits per heavy atom. The van der Waals surface area contributed by atoms with Crippen molar-refractivity contribution in [3.8, 4) is 11.5 Å². The van der Waals surface area contributed by atoms with Crippen LogP contribution in [0.25, 0.3) is 0 Å². The number of aliphatic hydroxyl groups excluding tert-OH is 1. The van der Waals surface area contributed by atoms with Crippen LogP contribution in [0.4, 0.5) is 0 Å². The maximum absolute atomic E-state index is 12.3. The number of hydrogen-bond donors (Lipinski definition) is 5. The predicted molar refractivity (Wildman–Crippen MR) is 104 cm³/mol. The van der Waals surface area contributed by atoms with Crippen LogP contribution >= 0.6 is 0 Å². The number of aromatic carboxylic acids is 1. The molecule has 11 heteroatoms. The summed E-state index contributed by atoms with van der Waals surface area (Å²) in [5, 5.41) is 31.3. The molecule has 2 atom stereocenters. The molecule has 0 aliphatic carbocycles. The monoisotopic (exact) mass is 407 g/mol. The lowest BCUT2D eigenvalue weighted by Gasteiger charge is -2.40. The quantitative estimate of drug-likeness (QED) is 0.271. The fraction of sp³-hybridized carbons (Fsp3) is 0.556. The number of nitrogens with zero attached hydrogens (tertiary/aromatic N) is 1. The number of ether oxygens (including phenoxy) is 1. The third kappa shape index (κ3) is 4.99. The van der Waals surface area contributed by atoms with Crippen molar-refractivity contribution in [1.29, 1.82) is 0 Å². The van der Waals surface area contributed by atoms with Gasteiger partial charge in [0.15, 0.2) is 0 Å². The third-order valence-corrected chi connectivity index (χ3v) is 5.00. The molecule has 0 saturated carbocycles. The second kappa shape index (κ2) is 8.99. The fourth-order valence-corrected chi connectivity index (χ4v) is 3.39. The standard InChI is InChI=1S/C18H26BN3O7/c1-10(23)21-7-5-13(20)17(24)22-8-12(9-22)28-14-3-2-11-4-6-19(27)29-16(11)15(14)18(25)26/h2-3,10,12-13,21,23,27H,4-9,20H2,1H3,(H,25,26)/t10?,13-/m0/s1. The van der Waals surface area contributed by atoms with Crippen molar-refractivity contribution < 1.29 is 34.2 Å². The van der Waals surface area contributed by atoms with Crippen molar-refractivity contribution in [3.63, 3.8) is 0 Å². The molecular formula is C18H26BN3O7. The number of carboxylic acid groups (broad SMARTS) is 1. The molecule has 1 aromatic rings. The van der Waals surface area contributed by atoms with Gasteiger partial charge in [-0.2, -0.15) is 0 Å². The Bertz CT molecular complexity index is 770. The van der Waals surface area contributed by atoms with Gasteiger partial charge in [0.25, 0.3) is 0 Å². The van der Waals surface area contributed by atoms with Crippen molar-refractivity contribution in [3.05, 3.63) is 23.3 Å². The van der Waals surface area contributed by atoms with E-state index in [1.54, 1.807) is 24.0 Å². The fourth-order valence-electron chi connectivity index (χ4n) is 3.39. The number of benzene rings is 1. The first-order chi connectivity index (χ1) is 13.8. The molecule has 1 fully saturated rings. The summed E-state index contributed by atoms with van der Waals surface area (Å²) in [6, 6.07) is 2.63. The predicted octanol–water partition coefficient (Wildman–Crippen LogP) is -0.965. The number of aryl methyl sites for hydroxylation is 1. The molecule has 1 saturated heterocycles. The van der Waals surface area contributed by atoms with Crippen LogP contribution in [0.3, 0.4) is 0 Å². The van der Waals surface area contributed by atoms with Gasteiger partial charge in [-0.3, -0.25) is 10.1 Å². The van der Waals surface area contributed by atoms with Gasteiger partial charge in [-0.05, 0) is 44.3 Å². The van der Waals surface area contributed by atoms with Gasteiger partial charge in [-0.1, -0.05) is 6.07 Å². The summed E-state index contributed by atoms with van der Waals surface area (Å²) in [5.74, 6) is -1.14. The number of nitrogens with one attached hydrogen (secondary N) is 1. The summed E-state index contributed by atoms with van der Waals surface area (Å²) in [7, 11) is -1.04. The van der Waals surface area contributed by atoms with Crippen molar-refractivity contribution in [2.24, 2.45) is 5.73 Å². The molecule has 1 unspecified atom stereocenters. The van der Waals surface area contributed by atoms with Crippen LogP contribution in [0.1, 0.15) is 29.3 Å². The lowest BCUT2D eigenvalue weighted by atomic mass is 9.78. The smallest absolute Gasteiger partial charge is 0.522 e. The molecule has 2 aliphatic heterocycles. The first-order valence-electron chi connectivity index (χ1n) is 9.62. The molecule has 6 N–H and O–H groups in total. The zero-order valence-corrected chi connectivity index (χ0v) is 16.2. The number of carboxylic acids is 1. The highest BCUT2D eigenvalue weighted by atomic mass is 16.5. The molecular weight excluding hydrogens is 381 g/mol. The number of nitrogens with two attached hydrogens (primary N) is 1. The Balaban J connectivity index is 1.58. The Kier molecular flexibility index (Phi) is 6.63. The lowest BCUT2D eigenvalue weighted by molar-refractivity contribution is -0.141. The van der Waals surface area contributed by atoms with Crippen LogP contribution in [-0.2, 0) is 11.2 Å². The number of carbonyl (C=O) groups excluding carboxylic acids is 1. The van der Waals surface area contributed by atoms with Gasteiger partial charge in [-0.25, -0.2) is 4.79 Å². The summed E-state index contributed by atoms with van der Waals surface area (Å²) in [5.41, 5.74) is 6.49. The Labute approximate surface area is 168 Å².